The number of hydrogen-bond acceptors (Lipinski definition) is 4. The van der Waals surface area contributed by atoms with Crippen LogP contribution in [0.15, 0.2) is 53.4 Å². The maximum atomic E-state index is 13.0. The van der Waals surface area contributed by atoms with Crippen molar-refractivity contribution in [1.29, 1.82) is 0 Å². The predicted molar refractivity (Wildman–Crippen MR) is 114 cm³/mol. The van der Waals surface area contributed by atoms with Crippen LogP contribution in [-0.2, 0) is 14.8 Å². The number of halogens is 2. The highest BCUT2D eigenvalue weighted by molar-refractivity contribution is 7.89. The van der Waals surface area contributed by atoms with Gasteiger partial charge in [0.2, 0.25) is 15.9 Å². The van der Waals surface area contributed by atoms with Crippen molar-refractivity contribution in [2.24, 2.45) is 0 Å². The summed E-state index contributed by atoms with van der Waals surface area (Å²) in [6, 6.07) is 12.2. The molecule has 2 N–H and O–H groups in total. The third-order valence-corrected chi connectivity index (χ3v) is 6.79. The number of carbonyl (C=O) groups is 1. The molecule has 6 nitrogen and oxygen atoms in total. The molecule has 3 rings (SSSR count). The zero-order chi connectivity index (χ0) is 21.6. The summed E-state index contributed by atoms with van der Waals surface area (Å²) in [7, 11) is -3.78. The molecule has 2 aromatic rings. The minimum Gasteiger partial charge on any atom is -0.354 e. The first-order valence-corrected chi connectivity index (χ1v) is 11.7. The Labute approximate surface area is 181 Å². The van der Waals surface area contributed by atoms with E-state index in [2.05, 4.69) is 14.9 Å². The van der Waals surface area contributed by atoms with E-state index in [1.54, 1.807) is 0 Å². The van der Waals surface area contributed by atoms with Crippen molar-refractivity contribution in [2.45, 2.75) is 30.2 Å². The molecule has 1 heterocycles. The van der Waals surface area contributed by atoms with Gasteiger partial charge in [-0.05, 0) is 67.9 Å². The summed E-state index contributed by atoms with van der Waals surface area (Å²) in [5, 5.41) is 3.55. The quantitative estimate of drug-likeness (QED) is 0.611. The predicted octanol–water partition coefficient (Wildman–Crippen LogP) is 3.10. The fourth-order valence-electron chi connectivity index (χ4n) is 3.52. The van der Waals surface area contributed by atoms with Gasteiger partial charge in [0.1, 0.15) is 5.82 Å². The third kappa shape index (κ3) is 6.25. The molecule has 1 amide bonds. The number of likely N-dealkylation sites (tertiary alicyclic amines) is 1. The molecule has 9 heteroatoms. The van der Waals surface area contributed by atoms with E-state index in [4.69, 9.17) is 11.6 Å². The molecule has 0 aromatic heterocycles. The van der Waals surface area contributed by atoms with Gasteiger partial charge in [0, 0.05) is 24.5 Å². The van der Waals surface area contributed by atoms with Crippen LogP contribution in [0, 0.1) is 5.82 Å². The zero-order valence-electron chi connectivity index (χ0n) is 16.5. The van der Waals surface area contributed by atoms with Gasteiger partial charge in [-0.2, -0.15) is 0 Å². The molecule has 0 saturated carbocycles. The minimum atomic E-state index is -3.78. The van der Waals surface area contributed by atoms with E-state index in [0.717, 1.165) is 43.6 Å². The van der Waals surface area contributed by atoms with Crippen molar-refractivity contribution in [3.63, 3.8) is 0 Å². The lowest BCUT2D eigenvalue weighted by Crippen LogP contribution is -2.38. The highest BCUT2D eigenvalue weighted by atomic mass is 35.5. The van der Waals surface area contributed by atoms with Crippen LogP contribution >= 0.6 is 11.6 Å². The number of rotatable bonds is 9. The van der Waals surface area contributed by atoms with E-state index in [-0.39, 0.29) is 29.8 Å². The van der Waals surface area contributed by atoms with Gasteiger partial charge in [-0.25, -0.2) is 17.5 Å². The van der Waals surface area contributed by atoms with Crippen molar-refractivity contribution >= 4 is 27.5 Å². The van der Waals surface area contributed by atoms with Crippen LogP contribution < -0.4 is 10.0 Å². The first-order chi connectivity index (χ1) is 14.3. The molecule has 2 aromatic carbocycles. The Kier molecular flexibility index (Phi) is 7.82. The molecule has 1 unspecified atom stereocenters. The summed E-state index contributed by atoms with van der Waals surface area (Å²) < 4.78 is 39.7. The fourth-order valence-corrected chi connectivity index (χ4v) is 4.75. The van der Waals surface area contributed by atoms with Crippen molar-refractivity contribution in [3.8, 4) is 0 Å². The molecule has 1 aliphatic rings. The van der Waals surface area contributed by atoms with E-state index in [1.165, 1.54) is 12.1 Å². The monoisotopic (exact) mass is 453 g/mol. The molecule has 0 bridgehead atoms. The van der Waals surface area contributed by atoms with Gasteiger partial charge < -0.3 is 5.32 Å². The third-order valence-electron chi connectivity index (χ3n) is 5.08. The molecule has 1 saturated heterocycles. The van der Waals surface area contributed by atoms with E-state index >= 15 is 0 Å². The maximum Gasteiger partial charge on any atom is 0.240 e. The number of nitrogens with zero attached hydrogens (tertiary/aromatic N) is 1. The van der Waals surface area contributed by atoms with Crippen molar-refractivity contribution in [3.05, 3.63) is 64.9 Å². The van der Waals surface area contributed by atoms with Gasteiger partial charge >= 0.3 is 0 Å². The van der Waals surface area contributed by atoms with E-state index in [0.29, 0.717) is 11.6 Å². The molecular weight excluding hydrogens is 429 g/mol. The number of hydrogen-bond donors (Lipinski definition) is 2. The van der Waals surface area contributed by atoms with Gasteiger partial charge in [-0.3, -0.25) is 9.69 Å². The van der Waals surface area contributed by atoms with Crippen LogP contribution in [0.3, 0.4) is 0 Å². The fraction of sp³-hybridized carbons (Fsp3) is 0.381. The van der Waals surface area contributed by atoms with Crippen molar-refractivity contribution < 1.29 is 17.6 Å². The van der Waals surface area contributed by atoms with Crippen LogP contribution in [-0.4, -0.2) is 45.4 Å². The Hall–Kier alpha value is -2.00. The van der Waals surface area contributed by atoms with Crippen LogP contribution in [0.2, 0.25) is 5.02 Å². The van der Waals surface area contributed by atoms with Crippen LogP contribution in [0.25, 0.3) is 0 Å². The largest absolute Gasteiger partial charge is 0.354 e. The average Bonchev–Trinajstić information content (AvgIpc) is 3.23. The second-order valence-corrected chi connectivity index (χ2v) is 9.42. The lowest BCUT2D eigenvalue weighted by molar-refractivity contribution is -0.121. The highest BCUT2D eigenvalue weighted by Gasteiger charge is 2.24. The molecule has 1 aliphatic heterocycles. The van der Waals surface area contributed by atoms with Gasteiger partial charge in [-0.1, -0.05) is 23.7 Å². The topological polar surface area (TPSA) is 78.5 Å². The smallest absolute Gasteiger partial charge is 0.240 e. The number of sulfonamides is 1. The van der Waals surface area contributed by atoms with Gasteiger partial charge in [-0.15, -0.1) is 0 Å². The lowest BCUT2D eigenvalue weighted by atomic mass is 10.1. The first kappa shape index (κ1) is 22.7. The summed E-state index contributed by atoms with van der Waals surface area (Å²) in [6.07, 6.45) is 2.25. The summed E-state index contributed by atoms with van der Waals surface area (Å²) >= 11 is 6.14. The second kappa shape index (κ2) is 10.3. The van der Waals surface area contributed by atoms with E-state index in [1.807, 2.05) is 24.3 Å². The maximum absolute atomic E-state index is 13.0. The Bertz CT molecular complexity index is 964. The Balaban J connectivity index is 1.52. The first-order valence-electron chi connectivity index (χ1n) is 9.86. The van der Waals surface area contributed by atoms with Crippen LogP contribution in [0.4, 0.5) is 4.39 Å². The SMILES string of the molecule is O=C(CCNS(=O)(=O)c1ccc(F)cc1)NCC(c1cccc(Cl)c1)N1CCCC1. The summed E-state index contributed by atoms with van der Waals surface area (Å²) in [5.41, 5.74) is 1.04. The van der Waals surface area contributed by atoms with Gasteiger partial charge in [0.15, 0.2) is 0 Å². The molecule has 0 radical (unpaired) electrons. The Morgan fingerprint density at radius 3 is 2.50 bits per heavy atom. The van der Waals surface area contributed by atoms with Gasteiger partial charge in [0.05, 0.1) is 10.9 Å². The Morgan fingerprint density at radius 2 is 1.83 bits per heavy atom. The summed E-state index contributed by atoms with van der Waals surface area (Å²) in [4.78, 5) is 14.6. The minimum absolute atomic E-state index is 0.00267. The second-order valence-electron chi connectivity index (χ2n) is 7.22. The molecule has 30 heavy (non-hydrogen) atoms. The molecule has 162 valence electrons. The molecule has 0 spiro atoms. The lowest BCUT2D eigenvalue weighted by Gasteiger charge is -2.28. The molecular formula is C21H25ClFN3O3S. The molecule has 1 fully saturated rings. The average molecular weight is 454 g/mol. The van der Waals surface area contributed by atoms with Gasteiger partial charge in [0.25, 0.3) is 0 Å². The number of nitrogens with one attached hydrogen (secondary N) is 2. The molecule has 0 aliphatic carbocycles. The normalized spacial score (nSPS) is 15.8. The summed E-state index contributed by atoms with van der Waals surface area (Å²) in [5.74, 6) is -0.761. The van der Waals surface area contributed by atoms with Crippen LogP contribution in [0.5, 0.6) is 0 Å². The summed E-state index contributed by atoms with van der Waals surface area (Å²) in [6.45, 7) is 2.30. The van der Waals surface area contributed by atoms with Crippen molar-refractivity contribution in [2.75, 3.05) is 26.2 Å². The molecule has 1 atom stereocenters. The van der Waals surface area contributed by atoms with E-state index < -0.39 is 15.8 Å². The van der Waals surface area contributed by atoms with Crippen LogP contribution in [0.1, 0.15) is 30.9 Å². The van der Waals surface area contributed by atoms with Crippen molar-refractivity contribution in [1.82, 2.24) is 14.9 Å². The number of carbonyl (C=O) groups excluding carboxylic acids is 1. The number of amides is 1. The standard InChI is InChI=1S/C21H25ClFN3O3S/c22-17-5-3-4-16(14-17)20(26-12-1-2-13-26)15-24-21(27)10-11-25-30(28,29)19-8-6-18(23)7-9-19/h3-9,14,20,25H,1-2,10-13,15H2,(H,24,27). The zero-order valence-corrected chi connectivity index (χ0v) is 18.1. The number of benzene rings is 2. The van der Waals surface area contributed by atoms with E-state index in [9.17, 15) is 17.6 Å². The highest BCUT2D eigenvalue weighted by Crippen LogP contribution is 2.26. The Morgan fingerprint density at radius 1 is 1.13 bits per heavy atom.